The van der Waals surface area contributed by atoms with Gasteiger partial charge in [-0.2, -0.15) is 0 Å². The first-order valence-electron chi connectivity index (χ1n) is 10.3. The second kappa shape index (κ2) is 14.6. The molecule has 0 heterocycles. The van der Waals surface area contributed by atoms with Crippen molar-refractivity contribution in [2.75, 3.05) is 24.6 Å². The molecule has 0 radical (unpaired) electrons. The number of rotatable bonds is 12. The van der Waals surface area contributed by atoms with Crippen LogP contribution < -0.4 is 0 Å². The van der Waals surface area contributed by atoms with E-state index >= 15 is 0 Å². The lowest BCUT2D eigenvalue weighted by molar-refractivity contribution is 0.0681. The van der Waals surface area contributed by atoms with Crippen molar-refractivity contribution in [3.63, 3.8) is 0 Å². The van der Waals surface area contributed by atoms with Gasteiger partial charge in [-0.05, 0) is 50.5 Å². The lowest BCUT2D eigenvalue weighted by Crippen LogP contribution is -2.11. The van der Waals surface area contributed by atoms with Crippen LogP contribution in [-0.2, 0) is 0 Å². The van der Waals surface area contributed by atoms with Crippen LogP contribution in [0.5, 0.6) is 0 Å². The van der Waals surface area contributed by atoms with Crippen molar-refractivity contribution in [3.8, 4) is 0 Å². The molecule has 0 fully saturated rings. The van der Waals surface area contributed by atoms with Gasteiger partial charge in [0.1, 0.15) is 0 Å². The van der Waals surface area contributed by atoms with Crippen LogP contribution in [0, 0.1) is 0 Å². The Labute approximate surface area is 165 Å². The predicted octanol–water partition coefficient (Wildman–Crippen LogP) is 6.51. The summed E-state index contributed by atoms with van der Waals surface area (Å²) in [6.45, 7) is 9.46. The number of hydrogen-bond donors (Lipinski definition) is 2. The van der Waals surface area contributed by atoms with E-state index in [9.17, 15) is 9.59 Å². The standard InChI is InChI=1S/C14H32P.C8H6O4/c1-5-9-12-15(8-4,13-10-6-2)14-11-7-3;9-7(10)5-1-2-6(4-3-5)8(11)12/h5-14H2,1-4H3;1-4H,(H,9,10)(H,11,12)/q+1;. The molecule has 5 heteroatoms. The SMILES string of the molecule is CCCC[P+](CC)(CCCC)CCCC.O=C(O)c1ccc(C(=O)O)cc1. The van der Waals surface area contributed by atoms with E-state index in [0.29, 0.717) is 0 Å². The van der Waals surface area contributed by atoms with Gasteiger partial charge < -0.3 is 10.2 Å². The monoisotopic (exact) mass is 397 g/mol. The van der Waals surface area contributed by atoms with E-state index in [0.717, 1.165) is 0 Å². The molecule has 0 saturated carbocycles. The summed E-state index contributed by atoms with van der Waals surface area (Å²) in [6, 6.07) is 5.02. The largest absolute Gasteiger partial charge is 0.478 e. The molecule has 0 amide bonds. The minimum Gasteiger partial charge on any atom is -0.478 e. The Morgan fingerprint density at radius 2 is 1.00 bits per heavy atom. The van der Waals surface area contributed by atoms with Crippen molar-refractivity contribution < 1.29 is 19.8 Å². The van der Waals surface area contributed by atoms with Gasteiger partial charge in [-0.1, -0.05) is 40.0 Å². The summed E-state index contributed by atoms with van der Waals surface area (Å²) >= 11 is 0. The van der Waals surface area contributed by atoms with Crippen molar-refractivity contribution in [1.29, 1.82) is 0 Å². The highest BCUT2D eigenvalue weighted by molar-refractivity contribution is 7.75. The molecular formula is C22H38O4P+. The molecule has 154 valence electrons. The summed E-state index contributed by atoms with van der Waals surface area (Å²) in [5, 5.41) is 16.9. The zero-order valence-electron chi connectivity index (χ0n) is 17.5. The summed E-state index contributed by atoms with van der Waals surface area (Å²) in [7, 11) is -0.527. The topological polar surface area (TPSA) is 74.6 Å². The number of carboxylic acids is 2. The zero-order chi connectivity index (χ0) is 20.7. The first-order valence-corrected chi connectivity index (χ1v) is 12.8. The van der Waals surface area contributed by atoms with Crippen LogP contribution in [0.15, 0.2) is 24.3 Å². The van der Waals surface area contributed by atoms with Crippen LogP contribution >= 0.6 is 7.26 Å². The number of hydrogen-bond acceptors (Lipinski definition) is 2. The lowest BCUT2D eigenvalue weighted by Gasteiger charge is -2.26. The molecule has 0 bridgehead atoms. The first-order chi connectivity index (χ1) is 12.9. The molecular weight excluding hydrogens is 359 g/mol. The average Bonchev–Trinajstić information content (AvgIpc) is 2.68. The van der Waals surface area contributed by atoms with Gasteiger partial charge in [-0.3, -0.25) is 0 Å². The molecule has 0 saturated heterocycles. The number of benzene rings is 1. The molecule has 1 aromatic carbocycles. The quantitative estimate of drug-likeness (QED) is 0.394. The number of unbranched alkanes of at least 4 members (excludes halogenated alkanes) is 3. The molecule has 1 rings (SSSR count). The highest BCUT2D eigenvalue weighted by atomic mass is 31.2. The lowest BCUT2D eigenvalue weighted by atomic mass is 10.1. The van der Waals surface area contributed by atoms with Crippen LogP contribution in [0.2, 0.25) is 0 Å². The van der Waals surface area contributed by atoms with E-state index < -0.39 is 19.2 Å². The van der Waals surface area contributed by atoms with Gasteiger partial charge in [0.2, 0.25) is 0 Å². The maximum Gasteiger partial charge on any atom is 0.335 e. The molecule has 4 nitrogen and oxygen atoms in total. The van der Waals surface area contributed by atoms with E-state index in [1.807, 2.05) is 0 Å². The molecule has 0 spiro atoms. The van der Waals surface area contributed by atoms with Crippen LogP contribution in [0.4, 0.5) is 0 Å². The van der Waals surface area contributed by atoms with Crippen molar-refractivity contribution in [2.45, 2.75) is 66.2 Å². The highest BCUT2D eigenvalue weighted by Gasteiger charge is 2.32. The minimum absolute atomic E-state index is 0.0833. The molecule has 0 aliphatic rings. The third kappa shape index (κ3) is 10.5. The molecule has 0 unspecified atom stereocenters. The van der Waals surface area contributed by atoms with Gasteiger partial charge in [0.05, 0.1) is 35.8 Å². The second-order valence-electron chi connectivity index (χ2n) is 7.08. The maximum atomic E-state index is 10.3. The molecule has 27 heavy (non-hydrogen) atoms. The Hall–Kier alpha value is -1.41. The van der Waals surface area contributed by atoms with Gasteiger partial charge >= 0.3 is 11.9 Å². The first kappa shape index (κ1) is 25.6. The number of carbonyl (C=O) groups is 2. The van der Waals surface area contributed by atoms with E-state index in [2.05, 4.69) is 27.7 Å². The fourth-order valence-corrected chi connectivity index (χ4v) is 7.63. The Kier molecular flexibility index (Phi) is 13.9. The Morgan fingerprint density at radius 3 is 1.19 bits per heavy atom. The van der Waals surface area contributed by atoms with Gasteiger partial charge in [-0.25, -0.2) is 9.59 Å². The smallest absolute Gasteiger partial charge is 0.335 e. The Bertz CT molecular complexity index is 485. The summed E-state index contributed by atoms with van der Waals surface area (Å²) in [6.07, 6.45) is 14.9. The molecule has 0 aliphatic heterocycles. The number of carboxylic acid groups (broad SMARTS) is 2. The van der Waals surface area contributed by atoms with E-state index in [1.165, 1.54) is 69.0 Å². The summed E-state index contributed by atoms with van der Waals surface area (Å²) in [5.74, 6) is -2.13. The third-order valence-corrected chi connectivity index (χ3v) is 10.1. The molecule has 0 atom stereocenters. The van der Waals surface area contributed by atoms with Crippen LogP contribution in [0.25, 0.3) is 0 Å². The normalized spacial score (nSPS) is 10.8. The third-order valence-electron chi connectivity index (χ3n) is 5.01. The molecule has 0 aromatic heterocycles. The summed E-state index contributed by atoms with van der Waals surface area (Å²) in [4.78, 5) is 20.7. The fraction of sp³-hybridized carbons (Fsp3) is 0.636. The predicted molar refractivity (Wildman–Crippen MR) is 117 cm³/mol. The highest BCUT2D eigenvalue weighted by Crippen LogP contribution is 2.60. The van der Waals surface area contributed by atoms with Gasteiger partial charge in [0.15, 0.2) is 0 Å². The zero-order valence-corrected chi connectivity index (χ0v) is 18.4. The average molecular weight is 398 g/mol. The van der Waals surface area contributed by atoms with Crippen LogP contribution in [0.3, 0.4) is 0 Å². The Morgan fingerprint density at radius 1 is 0.704 bits per heavy atom. The van der Waals surface area contributed by atoms with Crippen molar-refractivity contribution in [2.24, 2.45) is 0 Å². The summed E-state index contributed by atoms with van der Waals surface area (Å²) in [5.41, 5.74) is 0.167. The molecule has 2 N–H and O–H groups in total. The Balaban J connectivity index is 0.000000511. The summed E-state index contributed by atoms with van der Waals surface area (Å²) < 4.78 is 0. The van der Waals surface area contributed by atoms with Crippen molar-refractivity contribution in [3.05, 3.63) is 35.4 Å². The van der Waals surface area contributed by atoms with E-state index in [1.54, 1.807) is 18.5 Å². The molecule has 0 aliphatic carbocycles. The van der Waals surface area contributed by atoms with Crippen LogP contribution in [0.1, 0.15) is 86.9 Å². The van der Waals surface area contributed by atoms with Gasteiger partial charge in [-0.15, -0.1) is 0 Å². The van der Waals surface area contributed by atoms with Crippen molar-refractivity contribution >= 4 is 19.2 Å². The van der Waals surface area contributed by atoms with E-state index in [-0.39, 0.29) is 11.1 Å². The minimum atomic E-state index is -1.06. The van der Waals surface area contributed by atoms with Crippen LogP contribution in [-0.4, -0.2) is 46.8 Å². The van der Waals surface area contributed by atoms with Gasteiger partial charge in [0.25, 0.3) is 0 Å². The maximum absolute atomic E-state index is 10.3. The van der Waals surface area contributed by atoms with E-state index in [4.69, 9.17) is 10.2 Å². The van der Waals surface area contributed by atoms with Gasteiger partial charge in [0, 0.05) is 7.26 Å². The van der Waals surface area contributed by atoms with Crippen molar-refractivity contribution in [1.82, 2.24) is 0 Å². The number of aromatic carboxylic acids is 2. The fourth-order valence-electron chi connectivity index (χ4n) is 3.05. The second-order valence-corrected chi connectivity index (χ2v) is 11.7. The molecule has 1 aromatic rings.